The lowest BCUT2D eigenvalue weighted by Gasteiger charge is -2.31. The number of carbonyl (C=O) groups excluding carboxylic acids is 2. The minimum absolute atomic E-state index is 0.256. The first-order valence-corrected chi connectivity index (χ1v) is 11.2. The van der Waals surface area contributed by atoms with Crippen LogP contribution in [-0.2, 0) is 11.3 Å². The summed E-state index contributed by atoms with van der Waals surface area (Å²) in [5, 5.41) is 6.23. The van der Waals surface area contributed by atoms with Crippen LogP contribution in [-0.4, -0.2) is 34.4 Å². The summed E-state index contributed by atoms with van der Waals surface area (Å²) < 4.78 is 11.0. The van der Waals surface area contributed by atoms with Crippen LogP contribution >= 0.6 is 11.6 Å². The fourth-order valence-electron chi connectivity index (χ4n) is 3.36. The normalized spacial score (nSPS) is 10.9. The van der Waals surface area contributed by atoms with Crippen molar-refractivity contribution in [1.29, 1.82) is 0 Å². The first-order chi connectivity index (χ1) is 16.4. The number of hydrogen-bond donors (Lipinski definition) is 2. The van der Waals surface area contributed by atoms with Crippen molar-refractivity contribution < 1.29 is 19.1 Å². The number of halogens is 1. The van der Waals surface area contributed by atoms with Crippen LogP contribution in [0.5, 0.6) is 17.2 Å². The van der Waals surface area contributed by atoms with E-state index in [4.69, 9.17) is 21.1 Å². The topological polar surface area (TPSA) is 102 Å². The maximum atomic E-state index is 13.1. The fourth-order valence-corrected chi connectivity index (χ4v) is 3.56. The van der Waals surface area contributed by atoms with Crippen LogP contribution in [0.4, 0.5) is 0 Å². The number of carbonyl (C=O) groups is 2. The predicted octanol–water partition coefficient (Wildman–Crippen LogP) is 4.54. The minimum atomic E-state index is -1.04. The molecule has 0 saturated carbocycles. The Morgan fingerprint density at radius 1 is 1.00 bits per heavy atom. The molecule has 8 nitrogen and oxygen atoms in total. The van der Waals surface area contributed by atoms with Crippen LogP contribution in [0.15, 0.2) is 61.2 Å². The van der Waals surface area contributed by atoms with Gasteiger partial charge >= 0.3 is 0 Å². The molecule has 2 amide bonds. The molecule has 0 aliphatic heterocycles. The molecule has 0 aliphatic carbocycles. The third-order valence-corrected chi connectivity index (χ3v) is 5.86. The van der Waals surface area contributed by atoms with Gasteiger partial charge in [-0.05, 0) is 42.7 Å². The van der Waals surface area contributed by atoms with E-state index in [1.54, 1.807) is 37.4 Å². The number of amides is 2. The number of rotatable bonds is 10. The lowest BCUT2D eigenvalue weighted by atomic mass is 9.91. The van der Waals surface area contributed by atoms with Crippen LogP contribution in [0.3, 0.4) is 0 Å². The summed E-state index contributed by atoms with van der Waals surface area (Å²) in [5.74, 6) is 1.12. The van der Waals surface area contributed by atoms with Gasteiger partial charge in [0.1, 0.15) is 29.1 Å². The maximum absolute atomic E-state index is 13.1. The van der Waals surface area contributed by atoms with Gasteiger partial charge in [0.05, 0.1) is 17.7 Å². The summed E-state index contributed by atoms with van der Waals surface area (Å²) in [7, 11) is 1.57. The van der Waals surface area contributed by atoms with Crippen molar-refractivity contribution >= 4 is 23.4 Å². The molecule has 1 heterocycles. The number of aromatic nitrogens is 2. The van der Waals surface area contributed by atoms with E-state index in [9.17, 15) is 9.59 Å². The Kier molecular flexibility index (Phi) is 8.43. The number of nitrogens with one attached hydrogen (secondary N) is 2. The number of benzene rings is 2. The van der Waals surface area contributed by atoms with E-state index < -0.39 is 11.4 Å². The first kappa shape index (κ1) is 25.0. The highest BCUT2D eigenvalue weighted by Gasteiger charge is 2.36. The van der Waals surface area contributed by atoms with E-state index in [0.29, 0.717) is 47.2 Å². The lowest BCUT2D eigenvalue weighted by Crippen LogP contribution is -2.58. The Balaban J connectivity index is 1.62. The largest absolute Gasteiger partial charge is 0.497 e. The molecule has 0 radical (unpaired) electrons. The average molecular weight is 483 g/mol. The highest BCUT2D eigenvalue weighted by molar-refractivity contribution is 6.32. The molecule has 0 aliphatic rings. The van der Waals surface area contributed by atoms with E-state index in [0.717, 1.165) is 5.56 Å². The molecule has 178 valence electrons. The highest BCUT2D eigenvalue weighted by atomic mass is 35.5. The van der Waals surface area contributed by atoms with Gasteiger partial charge in [0.2, 0.25) is 5.91 Å². The van der Waals surface area contributed by atoms with Crippen molar-refractivity contribution in [1.82, 2.24) is 20.6 Å². The van der Waals surface area contributed by atoms with Crippen LogP contribution in [0.2, 0.25) is 5.02 Å². The standard InChI is InChI=1S/C25H27ClN4O4/c1-4-25(5-2,30-23(31)18-14-27-16-28-15-18)24(32)29-13-17-6-8-19(9-7-17)34-22-11-10-20(33-3)12-21(22)26/h6-12,14-16H,4-5,13H2,1-3H3,(H,29,32)(H,30,31). The van der Waals surface area contributed by atoms with Crippen molar-refractivity contribution in [3.05, 3.63) is 77.3 Å². The Morgan fingerprint density at radius 2 is 1.65 bits per heavy atom. The molecule has 0 bridgehead atoms. The molecular weight excluding hydrogens is 456 g/mol. The van der Waals surface area contributed by atoms with Crippen LogP contribution < -0.4 is 20.1 Å². The van der Waals surface area contributed by atoms with E-state index in [2.05, 4.69) is 20.6 Å². The SMILES string of the molecule is CCC(CC)(NC(=O)c1cncnc1)C(=O)NCc1ccc(Oc2ccc(OC)cc2Cl)cc1. The summed E-state index contributed by atoms with van der Waals surface area (Å²) >= 11 is 6.23. The smallest absolute Gasteiger partial charge is 0.255 e. The first-order valence-electron chi connectivity index (χ1n) is 10.9. The van der Waals surface area contributed by atoms with Gasteiger partial charge in [-0.1, -0.05) is 37.6 Å². The Hall–Kier alpha value is -3.65. The summed E-state index contributed by atoms with van der Waals surface area (Å²) in [6.45, 7) is 4.02. The summed E-state index contributed by atoms with van der Waals surface area (Å²) in [6, 6.07) is 12.5. The molecule has 2 aromatic carbocycles. The number of methoxy groups -OCH3 is 1. The number of ether oxygens (including phenoxy) is 2. The second-order valence-corrected chi connectivity index (χ2v) is 8.00. The number of hydrogen-bond acceptors (Lipinski definition) is 6. The van der Waals surface area contributed by atoms with Gasteiger partial charge in [-0.15, -0.1) is 0 Å². The molecule has 0 fully saturated rings. The molecule has 0 spiro atoms. The lowest BCUT2D eigenvalue weighted by molar-refractivity contribution is -0.127. The Bertz CT molecular complexity index is 1120. The monoisotopic (exact) mass is 482 g/mol. The van der Waals surface area contributed by atoms with E-state index >= 15 is 0 Å². The highest BCUT2D eigenvalue weighted by Crippen LogP contribution is 2.32. The molecule has 3 aromatic rings. The van der Waals surface area contributed by atoms with Gasteiger partial charge in [-0.2, -0.15) is 0 Å². The van der Waals surface area contributed by atoms with Gasteiger partial charge in [0.15, 0.2) is 0 Å². The maximum Gasteiger partial charge on any atom is 0.255 e. The van der Waals surface area contributed by atoms with Crippen LogP contribution in [0.1, 0.15) is 42.6 Å². The molecule has 2 N–H and O–H groups in total. The fraction of sp³-hybridized carbons (Fsp3) is 0.280. The summed E-state index contributed by atoms with van der Waals surface area (Å²) in [5.41, 5.74) is 0.140. The van der Waals surface area contributed by atoms with Crippen LogP contribution in [0, 0.1) is 0 Å². The molecule has 0 saturated heterocycles. The van der Waals surface area contributed by atoms with Crippen molar-refractivity contribution in [3.63, 3.8) is 0 Å². The van der Waals surface area contributed by atoms with Crippen molar-refractivity contribution in [3.8, 4) is 17.2 Å². The molecule has 3 rings (SSSR count). The zero-order valence-corrected chi connectivity index (χ0v) is 20.1. The van der Waals surface area contributed by atoms with Gasteiger partial charge in [-0.25, -0.2) is 9.97 Å². The molecule has 0 atom stereocenters. The Morgan fingerprint density at radius 3 is 2.24 bits per heavy atom. The molecule has 1 aromatic heterocycles. The predicted molar refractivity (Wildman–Crippen MR) is 129 cm³/mol. The van der Waals surface area contributed by atoms with Gasteiger partial charge in [0.25, 0.3) is 5.91 Å². The van der Waals surface area contributed by atoms with E-state index in [-0.39, 0.29) is 5.91 Å². The van der Waals surface area contributed by atoms with Gasteiger partial charge in [0, 0.05) is 25.0 Å². The van der Waals surface area contributed by atoms with Crippen molar-refractivity contribution in [2.24, 2.45) is 0 Å². The molecule has 0 unspecified atom stereocenters. The van der Waals surface area contributed by atoms with Crippen LogP contribution in [0.25, 0.3) is 0 Å². The van der Waals surface area contributed by atoms with E-state index in [1.807, 2.05) is 26.0 Å². The van der Waals surface area contributed by atoms with Crippen molar-refractivity contribution in [2.45, 2.75) is 38.8 Å². The number of nitrogens with zero attached hydrogens (tertiary/aromatic N) is 2. The summed E-state index contributed by atoms with van der Waals surface area (Å²) in [4.78, 5) is 33.4. The summed E-state index contributed by atoms with van der Waals surface area (Å²) in [6.07, 6.45) is 5.05. The quantitative estimate of drug-likeness (QED) is 0.440. The molecular formula is C25H27ClN4O4. The minimum Gasteiger partial charge on any atom is -0.497 e. The van der Waals surface area contributed by atoms with Gasteiger partial charge in [-0.3, -0.25) is 9.59 Å². The zero-order valence-electron chi connectivity index (χ0n) is 19.3. The average Bonchev–Trinajstić information content (AvgIpc) is 2.88. The molecule has 34 heavy (non-hydrogen) atoms. The van der Waals surface area contributed by atoms with E-state index in [1.165, 1.54) is 18.7 Å². The third-order valence-electron chi connectivity index (χ3n) is 5.56. The third kappa shape index (κ3) is 6.02. The molecule has 9 heteroatoms. The second kappa shape index (κ2) is 11.5. The second-order valence-electron chi connectivity index (χ2n) is 7.60. The van der Waals surface area contributed by atoms with Crippen molar-refractivity contribution in [2.75, 3.05) is 7.11 Å². The van der Waals surface area contributed by atoms with Gasteiger partial charge < -0.3 is 20.1 Å². The zero-order chi connectivity index (χ0) is 24.6. The Labute approximate surface area is 203 Å².